The summed E-state index contributed by atoms with van der Waals surface area (Å²) in [7, 11) is 0. The number of nitrogens with zero attached hydrogens (tertiary/aromatic N) is 1. The third-order valence-corrected chi connectivity index (χ3v) is 8.42. The van der Waals surface area contributed by atoms with E-state index in [-0.39, 0.29) is 17.0 Å². The van der Waals surface area contributed by atoms with Crippen LogP contribution < -0.4 is 10.6 Å². The molecule has 2 aliphatic rings. The highest BCUT2D eigenvalue weighted by Crippen LogP contribution is 2.47. The van der Waals surface area contributed by atoms with Crippen molar-refractivity contribution >= 4 is 43.9 Å². The Kier molecular flexibility index (Phi) is 5.19. The molecule has 1 aliphatic heterocycles. The number of benzene rings is 1. The molecule has 0 spiro atoms. The first-order chi connectivity index (χ1) is 13.7. The summed E-state index contributed by atoms with van der Waals surface area (Å²) in [5.74, 6) is 0.521. The Morgan fingerprint density at radius 2 is 2.10 bits per heavy atom. The first-order valence-electron chi connectivity index (χ1n) is 9.87. The second-order valence-electron chi connectivity index (χ2n) is 8.51. The lowest BCUT2D eigenvalue weighted by Crippen LogP contribution is -2.38. The molecule has 0 radical (unpaired) electrons. The largest absolute Gasteiger partial charge is 0.353 e. The Labute approximate surface area is 182 Å². The number of hydrogen-bond acceptors (Lipinski definition) is 5. The van der Waals surface area contributed by atoms with Crippen LogP contribution in [0.15, 0.2) is 22.7 Å². The lowest BCUT2D eigenvalue weighted by molar-refractivity contribution is -0.385. The Balaban J connectivity index is 1.64. The van der Waals surface area contributed by atoms with E-state index in [2.05, 4.69) is 47.3 Å². The first kappa shape index (κ1) is 20.3. The van der Waals surface area contributed by atoms with Crippen molar-refractivity contribution in [2.24, 2.45) is 11.3 Å². The summed E-state index contributed by atoms with van der Waals surface area (Å²) in [6.45, 7) is 6.90. The van der Waals surface area contributed by atoms with Crippen LogP contribution in [-0.2, 0) is 12.8 Å². The maximum absolute atomic E-state index is 12.9. The highest BCUT2D eigenvalue weighted by Gasteiger charge is 2.37. The van der Waals surface area contributed by atoms with E-state index in [1.165, 1.54) is 16.5 Å². The molecular weight excluding hydrogens is 454 g/mol. The smallest absolute Gasteiger partial charge is 0.283 e. The van der Waals surface area contributed by atoms with Gasteiger partial charge in [0.15, 0.2) is 0 Å². The zero-order valence-electron chi connectivity index (χ0n) is 16.7. The number of nitro groups is 1. The van der Waals surface area contributed by atoms with Gasteiger partial charge in [-0.3, -0.25) is 14.9 Å². The topological polar surface area (TPSA) is 84.3 Å². The lowest BCUT2D eigenvalue weighted by atomic mass is 9.69. The molecule has 0 bridgehead atoms. The summed E-state index contributed by atoms with van der Waals surface area (Å²) in [5.41, 5.74) is 2.88. The van der Waals surface area contributed by atoms with Gasteiger partial charge in [-0.1, -0.05) is 33.3 Å². The number of amides is 1. The molecule has 2 aromatic rings. The quantitative estimate of drug-likeness (QED) is 0.429. The lowest BCUT2D eigenvalue weighted by Gasteiger charge is -2.36. The van der Waals surface area contributed by atoms with Crippen LogP contribution in [0.5, 0.6) is 0 Å². The molecule has 6 nitrogen and oxygen atoms in total. The zero-order valence-corrected chi connectivity index (χ0v) is 19.1. The molecule has 1 aliphatic carbocycles. The zero-order chi connectivity index (χ0) is 20.9. The normalized spacial score (nSPS) is 21.0. The van der Waals surface area contributed by atoms with Gasteiger partial charge in [0, 0.05) is 16.5 Å². The van der Waals surface area contributed by atoms with E-state index in [9.17, 15) is 14.9 Å². The molecular formula is C21H24BrN3O3S. The van der Waals surface area contributed by atoms with Crippen molar-refractivity contribution in [3.63, 3.8) is 0 Å². The van der Waals surface area contributed by atoms with Crippen molar-refractivity contribution in [3.05, 3.63) is 54.4 Å². The van der Waals surface area contributed by atoms with Crippen molar-refractivity contribution in [1.82, 2.24) is 5.32 Å². The van der Waals surface area contributed by atoms with Gasteiger partial charge in [0.25, 0.3) is 11.6 Å². The van der Waals surface area contributed by atoms with Crippen LogP contribution in [0.25, 0.3) is 0 Å². The minimum atomic E-state index is -0.482. The number of carbonyl (C=O) groups is 1. The summed E-state index contributed by atoms with van der Waals surface area (Å²) in [4.78, 5) is 25.1. The fraction of sp³-hybridized carbons (Fsp3) is 0.476. The molecule has 2 heterocycles. The van der Waals surface area contributed by atoms with Crippen LogP contribution in [-0.4, -0.2) is 10.8 Å². The highest BCUT2D eigenvalue weighted by molar-refractivity contribution is 9.10. The highest BCUT2D eigenvalue weighted by atomic mass is 79.9. The van der Waals surface area contributed by atoms with E-state index in [1.54, 1.807) is 23.5 Å². The average Bonchev–Trinajstić information content (AvgIpc) is 3.06. The molecule has 2 atom stereocenters. The monoisotopic (exact) mass is 477 g/mol. The van der Waals surface area contributed by atoms with Gasteiger partial charge in [0.05, 0.1) is 15.0 Å². The first-order valence-corrected chi connectivity index (χ1v) is 11.5. The second-order valence-corrected chi connectivity index (χ2v) is 10.5. The maximum atomic E-state index is 12.9. The van der Waals surface area contributed by atoms with Crippen molar-refractivity contribution in [1.29, 1.82) is 0 Å². The van der Waals surface area contributed by atoms with Gasteiger partial charge >= 0.3 is 0 Å². The Morgan fingerprint density at radius 1 is 1.34 bits per heavy atom. The number of hydrogen-bond donors (Lipinski definition) is 2. The standard InChI is InChI=1S/C21H24BrN3O3S/c1-4-21(2,3)12-6-7-13-16(10-12)29-20-17(13)19(26)23-18(24-20)11-5-8-14(22)15(9-11)25(27)28/h5,8-9,12,18,24H,4,6-7,10H2,1-3H3,(H,23,26)/t12-,18+/m0/s1. The van der Waals surface area contributed by atoms with E-state index in [0.29, 0.717) is 16.0 Å². The van der Waals surface area contributed by atoms with Crippen LogP contribution >= 0.6 is 27.3 Å². The van der Waals surface area contributed by atoms with Gasteiger partial charge in [-0.05, 0) is 58.2 Å². The van der Waals surface area contributed by atoms with E-state index in [4.69, 9.17) is 0 Å². The molecule has 2 N–H and O–H groups in total. The van der Waals surface area contributed by atoms with Crippen LogP contribution in [0.2, 0.25) is 0 Å². The van der Waals surface area contributed by atoms with E-state index in [1.807, 2.05) is 0 Å². The Hall–Kier alpha value is -1.93. The summed E-state index contributed by atoms with van der Waals surface area (Å²) in [6.07, 6.45) is 3.70. The molecule has 1 amide bonds. The number of nitro benzene ring substituents is 1. The van der Waals surface area contributed by atoms with Gasteiger partial charge in [-0.2, -0.15) is 0 Å². The number of carbonyl (C=O) groups excluding carboxylic acids is 1. The van der Waals surface area contributed by atoms with E-state index >= 15 is 0 Å². The second kappa shape index (κ2) is 7.40. The molecule has 0 unspecified atom stereocenters. The predicted octanol–water partition coefficient (Wildman–Crippen LogP) is 5.81. The molecule has 8 heteroatoms. The van der Waals surface area contributed by atoms with Crippen LogP contribution in [0, 0.1) is 21.4 Å². The van der Waals surface area contributed by atoms with Crippen LogP contribution in [0.1, 0.15) is 66.1 Å². The SMILES string of the molecule is CCC(C)(C)[C@H]1CCc2c(sc3c2C(=O)N[C@@H](c2ccc(Br)c([N+](=O)[O-])c2)N3)C1. The molecule has 0 fully saturated rings. The van der Waals surface area contributed by atoms with Crippen molar-refractivity contribution in [2.75, 3.05) is 5.32 Å². The minimum Gasteiger partial charge on any atom is -0.353 e. The molecule has 0 saturated heterocycles. The number of halogens is 1. The molecule has 4 rings (SSSR count). The van der Waals surface area contributed by atoms with E-state index < -0.39 is 11.1 Å². The molecule has 0 saturated carbocycles. The Morgan fingerprint density at radius 3 is 2.79 bits per heavy atom. The van der Waals surface area contributed by atoms with Gasteiger partial charge < -0.3 is 10.6 Å². The maximum Gasteiger partial charge on any atom is 0.283 e. The predicted molar refractivity (Wildman–Crippen MR) is 119 cm³/mol. The fourth-order valence-corrected chi connectivity index (χ4v) is 6.01. The van der Waals surface area contributed by atoms with Gasteiger partial charge in [0.2, 0.25) is 0 Å². The number of thiophene rings is 1. The van der Waals surface area contributed by atoms with Crippen LogP contribution in [0.4, 0.5) is 10.7 Å². The fourth-order valence-electron chi connectivity index (χ4n) is 4.27. The van der Waals surface area contributed by atoms with Gasteiger partial charge in [0.1, 0.15) is 11.2 Å². The minimum absolute atomic E-state index is 0.0144. The molecule has 1 aromatic carbocycles. The molecule has 1 aromatic heterocycles. The van der Waals surface area contributed by atoms with Gasteiger partial charge in [-0.15, -0.1) is 11.3 Å². The average molecular weight is 478 g/mol. The van der Waals surface area contributed by atoms with Crippen molar-refractivity contribution < 1.29 is 9.72 Å². The number of rotatable bonds is 4. The molecule has 154 valence electrons. The summed E-state index contributed by atoms with van der Waals surface area (Å²) in [6, 6.07) is 4.93. The van der Waals surface area contributed by atoms with E-state index in [0.717, 1.165) is 36.2 Å². The van der Waals surface area contributed by atoms with Crippen LogP contribution in [0.3, 0.4) is 0 Å². The number of fused-ring (bicyclic) bond motifs is 3. The summed E-state index contributed by atoms with van der Waals surface area (Å²) in [5, 5.41) is 18.5. The summed E-state index contributed by atoms with van der Waals surface area (Å²) >= 11 is 4.88. The Bertz CT molecular complexity index is 1000. The van der Waals surface area contributed by atoms with Gasteiger partial charge in [-0.25, -0.2) is 0 Å². The molecule has 29 heavy (non-hydrogen) atoms. The third-order valence-electron chi connectivity index (χ3n) is 6.56. The van der Waals surface area contributed by atoms with Crippen molar-refractivity contribution in [3.8, 4) is 0 Å². The number of anilines is 1. The third kappa shape index (κ3) is 3.57. The summed E-state index contributed by atoms with van der Waals surface area (Å²) < 4.78 is 0.422. The number of nitrogens with one attached hydrogen (secondary N) is 2. The van der Waals surface area contributed by atoms with Crippen molar-refractivity contribution in [2.45, 2.75) is 52.6 Å².